The number of hydrogen-bond acceptors (Lipinski definition) is 3. The number of benzene rings is 1. The van der Waals surface area contributed by atoms with Gasteiger partial charge in [0.15, 0.2) is 0 Å². The van der Waals surface area contributed by atoms with Crippen LogP contribution >= 0.6 is 9.24 Å². The van der Waals surface area contributed by atoms with Crippen molar-refractivity contribution >= 4 is 33.6 Å². The van der Waals surface area contributed by atoms with Gasteiger partial charge in [0.05, 0.1) is 5.60 Å². The molecule has 0 aliphatic heterocycles. The maximum absolute atomic E-state index is 7.75. The van der Waals surface area contributed by atoms with Crippen molar-refractivity contribution in [2.24, 2.45) is 0 Å². The van der Waals surface area contributed by atoms with E-state index in [0.717, 1.165) is 16.7 Å². The van der Waals surface area contributed by atoms with Crippen molar-refractivity contribution in [3.63, 3.8) is 0 Å². The summed E-state index contributed by atoms with van der Waals surface area (Å²) in [6.07, 6.45) is 0. The Balaban J connectivity index is 2.88. The first-order valence-electron chi connectivity index (χ1n) is 6.76. The zero-order valence-corrected chi connectivity index (χ0v) is 14.4. The third-order valence-corrected chi connectivity index (χ3v) is 4.45. The van der Waals surface area contributed by atoms with Crippen LogP contribution in [0.3, 0.4) is 0 Å². The average Bonchev–Trinajstić information content (AvgIpc) is 2.34. The molecular formula is C15H25BN2OP. The van der Waals surface area contributed by atoms with Crippen LogP contribution in [-0.2, 0) is 4.65 Å². The van der Waals surface area contributed by atoms with Crippen molar-refractivity contribution in [2.75, 3.05) is 12.4 Å². The highest BCUT2D eigenvalue weighted by atomic mass is 31.0. The molecular weight excluding hydrogens is 266 g/mol. The largest absolute Gasteiger partial charge is 0.429 e. The molecule has 5 heteroatoms. The summed E-state index contributed by atoms with van der Waals surface area (Å²) in [6, 6.07) is 5.92. The molecule has 1 aromatic rings. The fourth-order valence-corrected chi connectivity index (χ4v) is 1.60. The van der Waals surface area contributed by atoms with Crippen molar-refractivity contribution in [1.29, 1.82) is 5.41 Å². The first-order chi connectivity index (χ1) is 9.08. The van der Waals surface area contributed by atoms with Gasteiger partial charge in [-0.2, -0.15) is 0 Å². The van der Waals surface area contributed by atoms with Gasteiger partial charge in [-0.15, -0.1) is 9.24 Å². The van der Waals surface area contributed by atoms with E-state index in [4.69, 9.17) is 10.1 Å². The molecule has 0 spiro atoms. The molecule has 1 radical (unpaired) electrons. The van der Waals surface area contributed by atoms with Gasteiger partial charge in [0.1, 0.15) is 0 Å². The van der Waals surface area contributed by atoms with E-state index < -0.39 is 0 Å². The second-order valence-corrected chi connectivity index (χ2v) is 7.59. The molecule has 3 nitrogen and oxygen atoms in total. The van der Waals surface area contributed by atoms with Gasteiger partial charge in [-0.1, -0.05) is 31.4 Å². The SMILES string of the molecule is CNc1cc([B]OC(C)(C)C(C)(C)P)ccc1C(C)=N. The predicted molar refractivity (Wildman–Crippen MR) is 92.8 cm³/mol. The summed E-state index contributed by atoms with van der Waals surface area (Å²) >= 11 is 0. The Hall–Kier alpha value is -0.855. The lowest BCUT2D eigenvalue weighted by Crippen LogP contribution is -2.45. The Morgan fingerprint density at radius 2 is 1.90 bits per heavy atom. The smallest absolute Gasteiger partial charge is 0.330 e. The Bertz CT molecular complexity index is 495. The summed E-state index contributed by atoms with van der Waals surface area (Å²) in [5.74, 6) is 0. The quantitative estimate of drug-likeness (QED) is 0.481. The van der Waals surface area contributed by atoms with Gasteiger partial charge >= 0.3 is 7.48 Å². The number of rotatable bonds is 6. The van der Waals surface area contributed by atoms with E-state index in [9.17, 15) is 0 Å². The van der Waals surface area contributed by atoms with Crippen LogP contribution in [0, 0.1) is 5.41 Å². The van der Waals surface area contributed by atoms with Crippen molar-refractivity contribution < 1.29 is 4.65 Å². The number of nitrogens with one attached hydrogen (secondary N) is 2. The average molecular weight is 291 g/mol. The fraction of sp³-hybridized carbons (Fsp3) is 0.533. The molecule has 0 amide bonds. The maximum Gasteiger partial charge on any atom is 0.330 e. The molecule has 0 aromatic heterocycles. The van der Waals surface area contributed by atoms with E-state index in [1.165, 1.54) is 0 Å². The fourth-order valence-electron chi connectivity index (χ4n) is 1.54. The molecule has 1 aromatic carbocycles. The molecule has 0 fully saturated rings. The van der Waals surface area contributed by atoms with Crippen LogP contribution in [0.15, 0.2) is 18.2 Å². The van der Waals surface area contributed by atoms with Gasteiger partial charge in [0, 0.05) is 29.2 Å². The zero-order chi connectivity index (χ0) is 15.6. The molecule has 2 N–H and O–H groups in total. The molecule has 0 saturated carbocycles. The lowest BCUT2D eigenvalue weighted by Gasteiger charge is -2.39. The van der Waals surface area contributed by atoms with Crippen LogP contribution < -0.4 is 10.8 Å². The van der Waals surface area contributed by atoms with E-state index in [1.54, 1.807) is 14.4 Å². The topological polar surface area (TPSA) is 45.1 Å². The zero-order valence-electron chi connectivity index (χ0n) is 13.3. The molecule has 109 valence electrons. The van der Waals surface area contributed by atoms with E-state index in [2.05, 4.69) is 42.3 Å². The lowest BCUT2D eigenvalue weighted by atomic mass is 9.83. The normalized spacial score (nSPS) is 12.2. The maximum atomic E-state index is 7.75. The van der Waals surface area contributed by atoms with E-state index in [-0.39, 0.29) is 10.8 Å². The monoisotopic (exact) mass is 291 g/mol. The minimum absolute atomic E-state index is 0.0270. The van der Waals surface area contributed by atoms with Gasteiger partial charge in [-0.3, -0.25) is 0 Å². The van der Waals surface area contributed by atoms with Gasteiger partial charge < -0.3 is 15.4 Å². The molecule has 0 aliphatic rings. The predicted octanol–water partition coefficient (Wildman–Crippen LogP) is 2.81. The molecule has 1 atom stereocenters. The summed E-state index contributed by atoms with van der Waals surface area (Å²) in [6.45, 7) is 10.2. The molecule has 0 aliphatic carbocycles. The summed E-state index contributed by atoms with van der Waals surface area (Å²) in [5, 5.41) is 10.8. The number of anilines is 1. The van der Waals surface area contributed by atoms with Gasteiger partial charge in [0.25, 0.3) is 0 Å². The molecule has 0 bridgehead atoms. The molecule has 1 unspecified atom stereocenters. The minimum atomic E-state index is -0.284. The van der Waals surface area contributed by atoms with Crippen molar-refractivity contribution in [2.45, 2.75) is 45.4 Å². The van der Waals surface area contributed by atoms with E-state index in [1.807, 2.05) is 25.2 Å². The van der Waals surface area contributed by atoms with Crippen LogP contribution in [0.2, 0.25) is 0 Å². The molecule has 0 heterocycles. The van der Waals surface area contributed by atoms with Crippen molar-refractivity contribution in [1.82, 2.24) is 0 Å². The first-order valence-corrected chi connectivity index (χ1v) is 7.33. The van der Waals surface area contributed by atoms with Crippen molar-refractivity contribution in [3.8, 4) is 0 Å². The van der Waals surface area contributed by atoms with Gasteiger partial charge in [-0.05, 0) is 26.8 Å². The molecule has 20 heavy (non-hydrogen) atoms. The van der Waals surface area contributed by atoms with Crippen molar-refractivity contribution in [3.05, 3.63) is 23.8 Å². The Kier molecular flexibility index (Phi) is 5.40. The van der Waals surface area contributed by atoms with Crippen LogP contribution in [0.25, 0.3) is 0 Å². The first kappa shape index (κ1) is 17.2. The third kappa shape index (κ3) is 4.07. The summed E-state index contributed by atoms with van der Waals surface area (Å²) in [7, 11) is 6.48. The number of hydrogen-bond donors (Lipinski definition) is 2. The second-order valence-electron chi connectivity index (χ2n) is 6.15. The molecule has 0 saturated heterocycles. The summed E-state index contributed by atoms with van der Waals surface area (Å²) in [5.41, 5.74) is 3.11. The minimum Gasteiger partial charge on any atom is -0.429 e. The van der Waals surface area contributed by atoms with Crippen LogP contribution in [0.1, 0.15) is 40.2 Å². The Morgan fingerprint density at radius 3 is 2.35 bits per heavy atom. The van der Waals surface area contributed by atoms with Crippen LogP contribution in [0.4, 0.5) is 5.69 Å². The Labute approximate surface area is 125 Å². The highest BCUT2D eigenvalue weighted by Gasteiger charge is 2.33. The van der Waals surface area contributed by atoms with Gasteiger partial charge in [-0.25, -0.2) is 0 Å². The summed E-state index contributed by atoms with van der Waals surface area (Å²) in [4.78, 5) is 0. The van der Waals surface area contributed by atoms with Gasteiger partial charge in [0.2, 0.25) is 0 Å². The van der Waals surface area contributed by atoms with Crippen LogP contribution in [-0.4, -0.2) is 31.0 Å². The van der Waals surface area contributed by atoms with Crippen LogP contribution in [0.5, 0.6) is 0 Å². The summed E-state index contributed by atoms with van der Waals surface area (Å²) < 4.78 is 5.95. The standard InChI is InChI=1S/C15H25BN2OP/c1-10(17)12-8-7-11(9-13(12)18-6)16-19-14(2,3)15(4,5)20/h7-9,17-18H,20H2,1-6H3. The lowest BCUT2D eigenvalue weighted by molar-refractivity contribution is 0.0841. The Morgan fingerprint density at radius 1 is 1.30 bits per heavy atom. The molecule has 1 rings (SSSR count). The van der Waals surface area contributed by atoms with E-state index in [0.29, 0.717) is 5.71 Å². The third-order valence-electron chi connectivity index (χ3n) is 3.76. The van der Waals surface area contributed by atoms with E-state index >= 15 is 0 Å². The second kappa shape index (κ2) is 6.28. The highest BCUT2D eigenvalue weighted by Crippen LogP contribution is 2.33. The highest BCUT2D eigenvalue weighted by molar-refractivity contribution is 7.19.